The zero-order valence-corrected chi connectivity index (χ0v) is 14.8. The zero-order chi connectivity index (χ0) is 18.6. The predicted molar refractivity (Wildman–Crippen MR) is 108 cm³/mol. The van der Waals surface area contributed by atoms with Crippen molar-refractivity contribution in [1.82, 2.24) is 15.4 Å². The van der Waals surface area contributed by atoms with Crippen LogP contribution in [0, 0.1) is 6.92 Å². The molecule has 0 bridgehead atoms. The minimum atomic E-state index is -0.255. The molecule has 27 heavy (non-hydrogen) atoms. The first-order chi connectivity index (χ1) is 13.2. The fourth-order valence-corrected chi connectivity index (χ4v) is 2.75. The molecule has 2 N–H and O–H groups in total. The van der Waals surface area contributed by atoms with Crippen LogP contribution in [0.2, 0.25) is 0 Å². The number of aromatic amines is 1. The number of hydrazone groups is 1. The summed E-state index contributed by atoms with van der Waals surface area (Å²) in [6.45, 7) is 2.03. The molecule has 0 radical (unpaired) electrons. The molecule has 1 amide bonds. The molecule has 1 heterocycles. The number of hydrogen-bond acceptors (Lipinski definition) is 3. The van der Waals surface area contributed by atoms with Gasteiger partial charge in [0.2, 0.25) is 0 Å². The molecule has 132 valence electrons. The van der Waals surface area contributed by atoms with Gasteiger partial charge >= 0.3 is 0 Å². The molecule has 0 unspecified atom stereocenters. The van der Waals surface area contributed by atoms with Gasteiger partial charge in [0.1, 0.15) is 5.82 Å². The number of carbonyl (C=O) groups excluding carboxylic acids is 1. The van der Waals surface area contributed by atoms with Gasteiger partial charge < -0.3 is 4.98 Å². The Labute approximate surface area is 156 Å². The number of aromatic nitrogens is 2. The maximum absolute atomic E-state index is 12.2. The van der Waals surface area contributed by atoms with E-state index in [-0.39, 0.29) is 5.91 Å². The minimum Gasteiger partial charge on any atom is -0.338 e. The lowest BCUT2D eigenvalue weighted by atomic mass is 10.1. The van der Waals surface area contributed by atoms with E-state index in [1.54, 1.807) is 18.3 Å². The number of amides is 1. The average molecular weight is 354 g/mol. The molecule has 5 heteroatoms. The van der Waals surface area contributed by atoms with E-state index in [1.165, 1.54) is 5.56 Å². The Hall–Kier alpha value is -3.73. The second kappa shape index (κ2) is 7.25. The van der Waals surface area contributed by atoms with Crippen molar-refractivity contribution in [3.63, 3.8) is 0 Å². The Morgan fingerprint density at radius 1 is 1.00 bits per heavy atom. The summed E-state index contributed by atoms with van der Waals surface area (Å²) in [5.41, 5.74) is 8.03. The highest BCUT2D eigenvalue weighted by Gasteiger charge is 2.07. The highest BCUT2D eigenvalue weighted by atomic mass is 16.2. The number of nitrogens with one attached hydrogen (secondary N) is 2. The number of hydrogen-bond donors (Lipinski definition) is 2. The van der Waals surface area contributed by atoms with Crippen LogP contribution in [0.25, 0.3) is 22.4 Å². The van der Waals surface area contributed by atoms with Crippen LogP contribution in [-0.4, -0.2) is 22.1 Å². The third kappa shape index (κ3) is 3.77. The lowest BCUT2D eigenvalue weighted by Gasteiger charge is -2.02. The van der Waals surface area contributed by atoms with Crippen LogP contribution in [0.1, 0.15) is 21.5 Å². The van der Waals surface area contributed by atoms with E-state index in [9.17, 15) is 4.79 Å². The quantitative estimate of drug-likeness (QED) is 0.424. The zero-order valence-electron chi connectivity index (χ0n) is 14.8. The van der Waals surface area contributed by atoms with Crippen LogP contribution < -0.4 is 5.43 Å². The molecule has 3 aromatic carbocycles. The number of aryl methyl sites for hydroxylation is 1. The summed E-state index contributed by atoms with van der Waals surface area (Å²) in [5.74, 6) is 0.523. The summed E-state index contributed by atoms with van der Waals surface area (Å²) in [6.07, 6.45) is 1.63. The number of nitrogens with zero attached hydrogens (tertiary/aromatic N) is 2. The second-order valence-electron chi connectivity index (χ2n) is 6.29. The van der Waals surface area contributed by atoms with Crippen LogP contribution in [0.3, 0.4) is 0 Å². The molecular formula is C22H18N4O. The number of carbonyl (C=O) groups is 1. The highest BCUT2D eigenvalue weighted by Crippen LogP contribution is 2.20. The number of benzene rings is 3. The summed E-state index contributed by atoms with van der Waals surface area (Å²) in [5, 5.41) is 4.01. The fraction of sp³-hybridized carbons (Fsp3) is 0.0455. The lowest BCUT2D eigenvalue weighted by Crippen LogP contribution is -2.17. The Bertz CT molecular complexity index is 1080. The van der Waals surface area contributed by atoms with Crippen molar-refractivity contribution in [2.45, 2.75) is 6.92 Å². The predicted octanol–water partition coefficient (Wildman–Crippen LogP) is 4.30. The van der Waals surface area contributed by atoms with E-state index >= 15 is 0 Å². The molecule has 4 aromatic rings. The van der Waals surface area contributed by atoms with E-state index in [1.807, 2.05) is 67.6 Å². The first-order valence-corrected chi connectivity index (χ1v) is 8.64. The Kier molecular flexibility index (Phi) is 4.49. The molecule has 0 aliphatic rings. The van der Waals surface area contributed by atoms with Gasteiger partial charge in [0.25, 0.3) is 5.91 Å². The molecule has 0 aliphatic carbocycles. The Morgan fingerprint density at radius 3 is 2.48 bits per heavy atom. The second-order valence-corrected chi connectivity index (χ2v) is 6.29. The SMILES string of the molecule is Cc1ccc(/C=N/NC(=O)c2ccc(-c3nc4ccccc4[nH]3)cc2)cc1. The molecule has 0 atom stereocenters. The lowest BCUT2D eigenvalue weighted by molar-refractivity contribution is 0.0955. The van der Waals surface area contributed by atoms with Gasteiger partial charge in [0, 0.05) is 11.1 Å². The van der Waals surface area contributed by atoms with E-state index in [4.69, 9.17) is 0 Å². The third-order valence-corrected chi connectivity index (χ3v) is 4.27. The van der Waals surface area contributed by atoms with Crippen molar-refractivity contribution >= 4 is 23.2 Å². The van der Waals surface area contributed by atoms with Crippen molar-refractivity contribution in [3.8, 4) is 11.4 Å². The summed E-state index contributed by atoms with van der Waals surface area (Å²) >= 11 is 0. The van der Waals surface area contributed by atoms with E-state index in [0.29, 0.717) is 5.56 Å². The van der Waals surface area contributed by atoms with E-state index in [2.05, 4.69) is 20.5 Å². The van der Waals surface area contributed by atoms with Crippen LogP contribution in [-0.2, 0) is 0 Å². The van der Waals surface area contributed by atoms with E-state index in [0.717, 1.165) is 28.0 Å². The Balaban J connectivity index is 1.45. The monoisotopic (exact) mass is 354 g/mol. The van der Waals surface area contributed by atoms with Crippen molar-refractivity contribution in [2.75, 3.05) is 0 Å². The molecule has 0 saturated carbocycles. The van der Waals surface area contributed by atoms with Crippen LogP contribution in [0.4, 0.5) is 0 Å². The van der Waals surface area contributed by atoms with Gasteiger partial charge in [-0.3, -0.25) is 4.79 Å². The largest absolute Gasteiger partial charge is 0.338 e. The smallest absolute Gasteiger partial charge is 0.271 e. The van der Waals surface area contributed by atoms with Gasteiger partial charge in [-0.2, -0.15) is 5.10 Å². The molecule has 4 rings (SSSR count). The normalized spacial score (nSPS) is 11.1. The molecule has 0 spiro atoms. The number of fused-ring (bicyclic) bond motifs is 1. The maximum Gasteiger partial charge on any atom is 0.271 e. The van der Waals surface area contributed by atoms with Gasteiger partial charge in [-0.25, -0.2) is 10.4 Å². The number of para-hydroxylation sites is 2. The first kappa shape index (κ1) is 16.7. The number of imidazole rings is 1. The molecule has 1 aromatic heterocycles. The molecule has 5 nitrogen and oxygen atoms in total. The van der Waals surface area contributed by atoms with Gasteiger partial charge in [-0.15, -0.1) is 0 Å². The standard InChI is InChI=1S/C22H18N4O/c1-15-6-8-16(9-7-15)14-23-26-22(27)18-12-10-17(11-13-18)21-24-19-4-2-3-5-20(19)25-21/h2-14H,1H3,(H,24,25)(H,26,27)/b23-14+. The summed E-state index contributed by atoms with van der Waals surface area (Å²) in [6, 6.07) is 23.0. The van der Waals surface area contributed by atoms with Gasteiger partial charge in [0.05, 0.1) is 17.2 Å². The molecule has 0 aliphatic heterocycles. The highest BCUT2D eigenvalue weighted by molar-refractivity contribution is 5.95. The molecule has 0 saturated heterocycles. The van der Waals surface area contributed by atoms with Crippen LogP contribution >= 0.6 is 0 Å². The average Bonchev–Trinajstić information content (AvgIpc) is 3.14. The van der Waals surface area contributed by atoms with E-state index < -0.39 is 0 Å². The van der Waals surface area contributed by atoms with Crippen LogP contribution in [0.15, 0.2) is 77.9 Å². The maximum atomic E-state index is 12.2. The Morgan fingerprint density at radius 2 is 1.74 bits per heavy atom. The third-order valence-electron chi connectivity index (χ3n) is 4.27. The van der Waals surface area contributed by atoms with Gasteiger partial charge in [0.15, 0.2) is 0 Å². The topological polar surface area (TPSA) is 70.1 Å². The fourth-order valence-electron chi connectivity index (χ4n) is 2.75. The summed E-state index contributed by atoms with van der Waals surface area (Å²) in [7, 11) is 0. The first-order valence-electron chi connectivity index (χ1n) is 8.64. The molecule has 0 fully saturated rings. The minimum absolute atomic E-state index is 0.255. The van der Waals surface area contributed by atoms with Crippen molar-refractivity contribution in [3.05, 3.63) is 89.5 Å². The number of H-pyrrole nitrogens is 1. The van der Waals surface area contributed by atoms with Crippen molar-refractivity contribution in [2.24, 2.45) is 5.10 Å². The summed E-state index contributed by atoms with van der Waals surface area (Å²) < 4.78 is 0. The van der Waals surface area contributed by atoms with Crippen LogP contribution in [0.5, 0.6) is 0 Å². The van der Waals surface area contributed by atoms with Crippen molar-refractivity contribution in [1.29, 1.82) is 0 Å². The number of rotatable bonds is 4. The van der Waals surface area contributed by atoms with Gasteiger partial charge in [-0.05, 0) is 36.8 Å². The molecular weight excluding hydrogens is 336 g/mol. The van der Waals surface area contributed by atoms with Gasteiger partial charge in [-0.1, -0.05) is 54.1 Å². The van der Waals surface area contributed by atoms with Crippen molar-refractivity contribution < 1.29 is 4.79 Å². The summed E-state index contributed by atoms with van der Waals surface area (Å²) in [4.78, 5) is 20.1.